The fourth-order valence-electron chi connectivity index (χ4n) is 3.18. The molecule has 29 heavy (non-hydrogen) atoms. The quantitative estimate of drug-likeness (QED) is 0.506. The van der Waals surface area contributed by atoms with Crippen molar-refractivity contribution in [3.05, 3.63) is 59.1 Å². The maximum Gasteiger partial charge on any atom is 0.309 e. The molecule has 0 radical (unpaired) electrons. The molecule has 1 aliphatic rings. The number of ether oxygens (including phenoxy) is 3. The van der Waals surface area contributed by atoms with Crippen LogP contribution in [0, 0.1) is 5.92 Å². The van der Waals surface area contributed by atoms with Crippen LogP contribution in [0.25, 0.3) is 0 Å². The number of rotatable bonds is 7. The molecule has 0 aliphatic carbocycles. The minimum absolute atomic E-state index is 0.0404. The highest BCUT2D eigenvalue weighted by molar-refractivity contribution is 6.30. The standard InChI is InChI=1S/C22H24ClNO5/c1-27-19-6-8-20(9-7-19)28-14-15-29-22(26)17-10-12-24(13-11-17)21(25)16-2-4-18(23)5-3-16/h2-9,17H,10-15H2,1H3. The summed E-state index contributed by atoms with van der Waals surface area (Å²) < 4.78 is 16.0. The van der Waals surface area contributed by atoms with E-state index in [4.69, 9.17) is 25.8 Å². The number of benzene rings is 2. The predicted molar refractivity (Wildman–Crippen MR) is 110 cm³/mol. The monoisotopic (exact) mass is 417 g/mol. The second-order valence-electron chi connectivity index (χ2n) is 6.76. The largest absolute Gasteiger partial charge is 0.497 e. The van der Waals surface area contributed by atoms with E-state index < -0.39 is 0 Å². The lowest BCUT2D eigenvalue weighted by molar-refractivity contribution is -0.150. The van der Waals surface area contributed by atoms with E-state index in [9.17, 15) is 9.59 Å². The van der Waals surface area contributed by atoms with E-state index in [1.54, 1.807) is 60.5 Å². The van der Waals surface area contributed by atoms with Gasteiger partial charge in [0.15, 0.2) is 0 Å². The Bertz CT molecular complexity index is 814. The van der Waals surface area contributed by atoms with Gasteiger partial charge in [-0.3, -0.25) is 9.59 Å². The summed E-state index contributed by atoms with van der Waals surface area (Å²) in [7, 11) is 1.60. The Kier molecular flexibility index (Phi) is 7.36. The molecular weight excluding hydrogens is 394 g/mol. The van der Waals surface area contributed by atoms with Crippen LogP contribution in [0.5, 0.6) is 11.5 Å². The van der Waals surface area contributed by atoms with Gasteiger partial charge >= 0.3 is 5.97 Å². The van der Waals surface area contributed by atoms with Crippen LogP contribution in [0.15, 0.2) is 48.5 Å². The Balaban J connectivity index is 1.37. The summed E-state index contributed by atoms with van der Waals surface area (Å²) in [5, 5.41) is 0.596. The van der Waals surface area contributed by atoms with Crippen molar-refractivity contribution in [3.63, 3.8) is 0 Å². The van der Waals surface area contributed by atoms with E-state index in [-0.39, 0.29) is 31.0 Å². The highest BCUT2D eigenvalue weighted by atomic mass is 35.5. The average molecular weight is 418 g/mol. The van der Waals surface area contributed by atoms with E-state index >= 15 is 0 Å². The average Bonchev–Trinajstić information content (AvgIpc) is 2.77. The van der Waals surface area contributed by atoms with Gasteiger partial charge in [0.25, 0.3) is 5.91 Å². The highest BCUT2D eigenvalue weighted by Gasteiger charge is 2.28. The molecule has 1 heterocycles. The maximum absolute atomic E-state index is 12.5. The van der Waals surface area contributed by atoms with Crippen LogP contribution in [0.2, 0.25) is 5.02 Å². The van der Waals surface area contributed by atoms with E-state index in [1.165, 1.54) is 0 Å². The zero-order chi connectivity index (χ0) is 20.6. The summed E-state index contributed by atoms with van der Waals surface area (Å²) in [6.07, 6.45) is 1.19. The lowest BCUT2D eigenvalue weighted by Gasteiger charge is -2.31. The fraction of sp³-hybridized carbons (Fsp3) is 0.364. The molecular formula is C22H24ClNO5. The summed E-state index contributed by atoms with van der Waals surface area (Å²) in [6, 6.07) is 14.0. The molecule has 0 spiro atoms. The number of halogens is 1. The molecule has 7 heteroatoms. The second kappa shape index (κ2) is 10.2. The van der Waals surface area contributed by atoms with Crippen molar-refractivity contribution in [2.24, 2.45) is 5.92 Å². The van der Waals surface area contributed by atoms with E-state index in [1.807, 2.05) is 0 Å². The number of piperidine rings is 1. The van der Waals surface area contributed by atoms with Crippen LogP contribution >= 0.6 is 11.6 Å². The first kappa shape index (κ1) is 21.0. The van der Waals surface area contributed by atoms with Crippen molar-refractivity contribution in [1.29, 1.82) is 0 Å². The fourth-order valence-corrected chi connectivity index (χ4v) is 3.31. The van der Waals surface area contributed by atoms with Crippen molar-refractivity contribution in [1.82, 2.24) is 4.90 Å². The van der Waals surface area contributed by atoms with Crippen LogP contribution in [0.1, 0.15) is 23.2 Å². The van der Waals surface area contributed by atoms with Gasteiger partial charge in [-0.15, -0.1) is 0 Å². The predicted octanol–water partition coefficient (Wildman–Crippen LogP) is 3.82. The molecule has 0 bridgehead atoms. The first-order valence-corrected chi connectivity index (χ1v) is 9.93. The molecule has 1 saturated heterocycles. The number of amides is 1. The van der Waals surface area contributed by atoms with Crippen molar-refractivity contribution >= 4 is 23.5 Å². The van der Waals surface area contributed by atoms with Crippen molar-refractivity contribution < 1.29 is 23.8 Å². The van der Waals surface area contributed by atoms with Crippen molar-refractivity contribution in [2.75, 3.05) is 33.4 Å². The molecule has 2 aromatic rings. The van der Waals surface area contributed by atoms with Gasteiger partial charge in [-0.05, 0) is 61.4 Å². The maximum atomic E-state index is 12.5. The Morgan fingerprint density at radius 3 is 2.21 bits per heavy atom. The van der Waals surface area contributed by atoms with Gasteiger partial charge in [0.2, 0.25) is 0 Å². The van der Waals surface area contributed by atoms with Gasteiger partial charge < -0.3 is 19.1 Å². The number of likely N-dealkylation sites (tertiary alicyclic amines) is 1. The second-order valence-corrected chi connectivity index (χ2v) is 7.20. The number of nitrogens with zero attached hydrogens (tertiary/aromatic N) is 1. The van der Waals surface area contributed by atoms with Gasteiger partial charge in [-0.1, -0.05) is 11.6 Å². The van der Waals surface area contributed by atoms with E-state index in [0.29, 0.717) is 42.3 Å². The van der Waals surface area contributed by atoms with Gasteiger partial charge in [0.1, 0.15) is 24.7 Å². The molecule has 0 N–H and O–H groups in total. The van der Waals surface area contributed by atoms with E-state index in [0.717, 1.165) is 5.75 Å². The minimum atomic E-state index is -0.234. The van der Waals surface area contributed by atoms with Crippen LogP contribution in [-0.4, -0.2) is 50.2 Å². The first-order chi connectivity index (χ1) is 14.1. The molecule has 6 nitrogen and oxygen atoms in total. The van der Waals surface area contributed by atoms with Gasteiger partial charge in [-0.25, -0.2) is 0 Å². The number of methoxy groups -OCH3 is 1. The Morgan fingerprint density at radius 2 is 1.59 bits per heavy atom. The molecule has 0 aromatic heterocycles. The Labute approximate surface area is 175 Å². The summed E-state index contributed by atoms with van der Waals surface area (Å²) >= 11 is 5.87. The summed E-state index contributed by atoms with van der Waals surface area (Å²) in [5.74, 6) is 0.981. The lowest BCUT2D eigenvalue weighted by atomic mass is 9.96. The zero-order valence-corrected chi connectivity index (χ0v) is 17.1. The summed E-state index contributed by atoms with van der Waals surface area (Å²) in [5.41, 5.74) is 0.603. The summed E-state index contributed by atoms with van der Waals surface area (Å²) in [4.78, 5) is 26.5. The Hall–Kier alpha value is -2.73. The first-order valence-electron chi connectivity index (χ1n) is 9.55. The molecule has 3 rings (SSSR count). The Morgan fingerprint density at radius 1 is 0.966 bits per heavy atom. The minimum Gasteiger partial charge on any atom is -0.497 e. The SMILES string of the molecule is COc1ccc(OCCOC(=O)C2CCN(C(=O)c3ccc(Cl)cc3)CC2)cc1. The number of esters is 1. The van der Waals surface area contributed by atoms with Crippen LogP contribution in [-0.2, 0) is 9.53 Å². The van der Waals surface area contributed by atoms with Crippen LogP contribution in [0.4, 0.5) is 0 Å². The lowest BCUT2D eigenvalue weighted by Crippen LogP contribution is -2.40. The molecule has 1 aliphatic heterocycles. The molecule has 1 amide bonds. The van der Waals surface area contributed by atoms with Gasteiger partial charge in [-0.2, -0.15) is 0 Å². The normalized spacial score (nSPS) is 14.3. The van der Waals surface area contributed by atoms with Crippen molar-refractivity contribution in [2.45, 2.75) is 12.8 Å². The molecule has 0 atom stereocenters. The topological polar surface area (TPSA) is 65.1 Å². The number of carbonyl (C=O) groups excluding carboxylic acids is 2. The molecule has 1 fully saturated rings. The third kappa shape index (κ3) is 5.87. The number of carbonyl (C=O) groups is 2. The molecule has 0 unspecified atom stereocenters. The molecule has 2 aromatic carbocycles. The number of hydrogen-bond acceptors (Lipinski definition) is 5. The van der Waals surface area contributed by atoms with E-state index in [2.05, 4.69) is 0 Å². The van der Waals surface area contributed by atoms with Gasteiger partial charge in [0, 0.05) is 23.7 Å². The third-order valence-electron chi connectivity index (χ3n) is 4.86. The highest BCUT2D eigenvalue weighted by Crippen LogP contribution is 2.21. The van der Waals surface area contributed by atoms with Crippen molar-refractivity contribution in [3.8, 4) is 11.5 Å². The third-order valence-corrected chi connectivity index (χ3v) is 5.11. The molecule has 0 saturated carbocycles. The van der Waals surface area contributed by atoms with Crippen LogP contribution in [0.3, 0.4) is 0 Å². The molecule has 154 valence electrons. The van der Waals surface area contributed by atoms with Crippen LogP contribution < -0.4 is 9.47 Å². The zero-order valence-electron chi connectivity index (χ0n) is 16.3. The smallest absolute Gasteiger partial charge is 0.309 e. The summed E-state index contributed by atoms with van der Waals surface area (Å²) in [6.45, 7) is 1.54. The number of hydrogen-bond donors (Lipinski definition) is 0. The van der Waals surface area contributed by atoms with Gasteiger partial charge in [0.05, 0.1) is 13.0 Å².